The van der Waals surface area contributed by atoms with Crippen molar-refractivity contribution < 1.29 is 0 Å². The van der Waals surface area contributed by atoms with Crippen LogP contribution in [0.5, 0.6) is 0 Å². The second-order valence-corrected chi connectivity index (χ2v) is 7.13. The Morgan fingerprint density at radius 3 is 2.79 bits per heavy atom. The summed E-state index contributed by atoms with van der Waals surface area (Å²) in [5, 5.41) is 17.3. The van der Waals surface area contributed by atoms with Crippen molar-refractivity contribution >= 4 is 32.2 Å². The average molecular weight is 404 g/mol. The summed E-state index contributed by atoms with van der Waals surface area (Å²) in [5.74, 6) is 0.522. The van der Waals surface area contributed by atoms with Gasteiger partial charge in [-0.05, 0) is 36.4 Å². The number of hydrogen-bond donors (Lipinski definition) is 0. The van der Waals surface area contributed by atoms with Crippen molar-refractivity contribution in [3.63, 3.8) is 0 Å². The zero-order chi connectivity index (χ0) is 16.7. The van der Waals surface area contributed by atoms with E-state index in [-0.39, 0.29) is 12.1 Å². The van der Waals surface area contributed by atoms with Crippen LogP contribution in [0.1, 0.15) is 10.7 Å². The molecule has 1 aromatic carbocycles. The molecule has 0 bridgehead atoms. The van der Waals surface area contributed by atoms with E-state index in [2.05, 4.69) is 41.4 Å². The molecule has 3 heterocycles. The van der Waals surface area contributed by atoms with Crippen molar-refractivity contribution in [2.24, 2.45) is 0 Å². The van der Waals surface area contributed by atoms with Crippen LogP contribution in [0.2, 0.25) is 0 Å². The number of halogens is 1. The van der Waals surface area contributed by atoms with E-state index in [1.165, 1.54) is 26.7 Å². The Hall–Kier alpha value is -2.46. The van der Waals surface area contributed by atoms with Gasteiger partial charge in [-0.3, -0.25) is 4.79 Å². The molecular formula is C14H10BrN7OS. The Labute approximate surface area is 147 Å². The molecule has 4 rings (SSSR count). The molecule has 0 aliphatic carbocycles. The van der Waals surface area contributed by atoms with E-state index in [1.54, 1.807) is 0 Å². The summed E-state index contributed by atoms with van der Waals surface area (Å²) < 4.78 is 2.28. The van der Waals surface area contributed by atoms with E-state index in [9.17, 15) is 4.79 Å². The van der Waals surface area contributed by atoms with E-state index in [1.807, 2.05) is 31.2 Å². The molecule has 8 nitrogen and oxygen atoms in total. The van der Waals surface area contributed by atoms with Crippen molar-refractivity contribution in [1.82, 2.24) is 34.8 Å². The molecule has 24 heavy (non-hydrogen) atoms. The molecule has 0 atom stereocenters. The standard InChI is InChI=1S/C14H10BrN7OS/c1-8-18-22-12(23)6-11(16-14(22)24-8)7-21-19-13(17-20-21)9-2-4-10(15)5-3-9/h2-6H,7H2,1H3. The Kier molecular flexibility index (Phi) is 3.69. The third-order valence-electron chi connectivity index (χ3n) is 3.26. The average Bonchev–Trinajstić information content (AvgIpc) is 3.14. The summed E-state index contributed by atoms with van der Waals surface area (Å²) in [5.41, 5.74) is 1.22. The van der Waals surface area contributed by atoms with Gasteiger partial charge in [0, 0.05) is 16.1 Å². The van der Waals surface area contributed by atoms with Crippen molar-refractivity contribution in [3.8, 4) is 11.4 Å². The fraction of sp³-hybridized carbons (Fsp3) is 0.143. The number of aromatic nitrogens is 7. The second-order valence-electron chi connectivity index (χ2n) is 5.05. The summed E-state index contributed by atoms with van der Waals surface area (Å²) in [6, 6.07) is 9.08. The van der Waals surface area contributed by atoms with Crippen LogP contribution >= 0.6 is 27.3 Å². The Bertz CT molecular complexity index is 1080. The van der Waals surface area contributed by atoms with Crippen LogP contribution in [0.15, 0.2) is 39.6 Å². The van der Waals surface area contributed by atoms with Crippen LogP contribution in [0.3, 0.4) is 0 Å². The summed E-state index contributed by atoms with van der Waals surface area (Å²) >= 11 is 4.76. The number of benzene rings is 1. The lowest BCUT2D eigenvalue weighted by atomic mass is 10.2. The van der Waals surface area contributed by atoms with Crippen LogP contribution in [-0.4, -0.2) is 34.8 Å². The van der Waals surface area contributed by atoms with Crippen LogP contribution < -0.4 is 5.56 Å². The van der Waals surface area contributed by atoms with Crippen LogP contribution in [0, 0.1) is 6.92 Å². The van der Waals surface area contributed by atoms with Gasteiger partial charge in [0.1, 0.15) is 11.6 Å². The first-order valence-electron chi connectivity index (χ1n) is 6.99. The third-order valence-corrected chi connectivity index (χ3v) is 4.61. The van der Waals surface area contributed by atoms with Gasteiger partial charge in [-0.15, -0.1) is 10.2 Å². The quantitative estimate of drug-likeness (QED) is 0.518. The maximum Gasteiger partial charge on any atom is 0.275 e. The normalized spacial score (nSPS) is 11.2. The van der Waals surface area contributed by atoms with Crippen molar-refractivity contribution in [2.45, 2.75) is 13.5 Å². The highest BCUT2D eigenvalue weighted by Crippen LogP contribution is 2.17. The fourth-order valence-corrected chi connectivity index (χ4v) is 3.23. The first-order chi connectivity index (χ1) is 11.6. The van der Waals surface area contributed by atoms with Gasteiger partial charge in [0.25, 0.3) is 5.56 Å². The summed E-state index contributed by atoms with van der Waals surface area (Å²) in [7, 11) is 0. The van der Waals surface area contributed by atoms with Gasteiger partial charge in [0.15, 0.2) is 0 Å². The van der Waals surface area contributed by atoms with Gasteiger partial charge in [0.05, 0.1) is 5.69 Å². The molecule has 120 valence electrons. The monoisotopic (exact) mass is 403 g/mol. The summed E-state index contributed by atoms with van der Waals surface area (Å²) in [4.78, 5) is 18.5. The van der Waals surface area contributed by atoms with E-state index in [0.717, 1.165) is 15.0 Å². The van der Waals surface area contributed by atoms with Gasteiger partial charge in [-0.1, -0.05) is 27.3 Å². The van der Waals surface area contributed by atoms with Gasteiger partial charge >= 0.3 is 0 Å². The molecule has 0 aliphatic heterocycles. The topological polar surface area (TPSA) is 90.9 Å². The highest BCUT2D eigenvalue weighted by Gasteiger charge is 2.10. The largest absolute Gasteiger partial charge is 0.275 e. The van der Waals surface area contributed by atoms with E-state index >= 15 is 0 Å². The number of hydrogen-bond acceptors (Lipinski definition) is 7. The molecule has 4 aromatic rings. The van der Waals surface area contributed by atoms with Crippen LogP contribution in [0.25, 0.3) is 16.3 Å². The lowest BCUT2D eigenvalue weighted by molar-refractivity contribution is 0.563. The van der Waals surface area contributed by atoms with Crippen molar-refractivity contribution in [3.05, 3.63) is 55.9 Å². The highest BCUT2D eigenvalue weighted by atomic mass is 79.9. The molecule has 10 heteroatoms. The Balaban J connectivity index is 1.64. The lowest BCUT2D eigenvalue weighted by Gasteiger charge is -1.98. The molecule has 3 aromatic heterocycles. The molecule has 0 amide bonds. The summed E-state index contributed by atoms with van der Waals surface area (Å²) in [6.45, 7) is 2.11. The van der Waals surface area contributed by atoms with E-state index in [0.29, 0.717) is 16.5 Å². The van der Waals surface area contributed by atoms with Gasteiger partial charge in [-0.25, -0.2) is 4.98 Å². The third kappa shape index (κ3) is 2.85. The fourth-order valence-electron chi connectivity index (χ4n) is 2.20. The molecule has 0 aliphatic rings. The minimum absolute atomic E-state index is 0.215. The van der Waals surface area contributed by atoms with E-state index < -0.39 is 0 Å². The lowest BCUT2D eigenvalue weighted by Crippen LogP contribution is -2.17. The van der Waals surface area contributed by atoms with Crippen LogP contribution in [-0.2, 0) is 6.54 Å². The highest BCUT2D eigenvalue weighted by molar-refractivity contribution is 9.10. The maximum atomic E-state index is 12.1. The minimum Gasteiger partial charge on any atom is -0.267 e. The Morgan fingerprint density at radius 1 is 1.21 bits per heavy atom. The molecular weight excluding hydrogens is 394 g/mol. The van der Waals surface area contributed by atoms with Crippen LogP contribution in [0.4, 0.5) is 0 Å². The van der Waals surface area contributed by atoms with Gasteiger partial charge < -0.3 is 0 Å². The van der Waals surface area contributed by atoms with Gasteiger partial charge in [-0.2, -0.15) is 14.4 Å². The summed E-state index contributed by atoms with van der Waals surface area (Å²) in [6.07, 6.45) is 0. The molecule has 0 saturated heterocycles. The first-order valence-corrected chi connectivity index (χ1v) is 8.59. The molecule has 0 saturated carbocycles. The molecule has 0 radical (unpaired) electrons. The zero-order valence-electron chi connectivity index (χ0n) is 12.4. The predicted octanol–water partition coefficient (Wildman–Crippen LogP) is 1.92. The first kappa shape index (κ1) is 15.1. The second kappa shape index (κ2) is 5.87. The zero-order valence-corrected chi connectivity index (χ0v) is 14.8. The number of aryl methyl sites for hydroxylation is 1. The number of fused-ring (bicyclic) bond motifs is 1. The number of rotatable bonds is 3. The molecule has 0 fully saturated rings. The molecule has 0 N–H and O–H groups in total. The SMILES string of the molecule is Cc1nn2c(=O)cc(Cn3nnc(-c4ccc(Br)cc4)n3)nc2s1. The Morgan fingerprint density at radius 2 is 2.00 bits per heavy atom. The molecule has 0 unspecified atom stereocenters. The van der Waals surface area contributed by atoms with E-state index in [4.69, 9.17) is 0 Å². The minimum atomic E-state index is -0.215. The van der Waals surface area contributed by atoms with Gasteiger partial charge in [0.2, 0.25) is 10.8 Å². The van der Waals surface area contributed by atoms with Crippen molar-refractivity contribution in [2.75, 3.05) is 0 Å². The molecule has 0 spiro atoms. The van der Waals surface area contributed by atoms with Crippen molar-refractivity contribution in [1.29, 1.82) is 0 Å². The predicted molar refractivity (Wildman–Crippen MR) is 91.9 cm³/mol. The number of tetrazole rings is 1. The number of nitrogens with zero attached hydrogens (tertiary/aromatic N) is 7. The maximum absolute atomic E-state index is 12.1. The smallest absolute Gasteiger partial charge is 0.267 e.